The molecule has 0 radical (unpaired) electrons. The summed E-state index contributed by atoms with van der Waals surface area (Å²) in [5.41, 5.74) is 4.80. The minimum atomic E-state index is -3.81. The number of anilines is 1. The highest BCUT2D eigenvalue weighted by molar-refractivity contribution is 7.89. The van der Waals surface area contributed by atoms with Crippen molar-refractivity contribution in [1.82, 2.24) is 4.72 Å². The maximum atomic E-state index is 12.1. The number of hydrogen-bond acceptors (Lipinski definition) is 5. The monoisotopic (exact) mass is 274 g/mol. The first-order valence-electron chi connectivity index (χ1n) is 5.37. The molecule has 0 aliphatic rings. The Kier molecular flexibility index (Phi) is 4.33. The van der Waals surface area contributed by atoms with Crippen LogP contribution in [0.5, 0.6) is 0 Å². The maximum Gasteiger partial charge on any atom is 0.242 e. The van der Waals surface area contributed by atoms with E-state index in [0.717, 1.165) is 0 Å². The number of hydrogen-bond donors (Lipinski definition) is 4. The Balaban J connectivity index is 3.01. The highest BCUT2D eigenvalue weighted by Crippen LogP contribution is 2.22. The summed E-state index contributed by atoms with van der Waals surface area (Å²) < 4.78 is 26.3. The Morgan fingerprint density at radius 1 is 1.44 bits per heavy atom. The zero-order valence-electron chi connectivity index (χ0n) is 10.3. The molecule has 18 heavy (non-hydrogen) atoms. The van der Waals surface area contributed by atoms with Crippen LogP contribution in [0.3, 0.4) is 0 Å². The molecule has 1 aromatic rings. The number of aliphatic hydroxyl groups excluding tert-OH is 1. The van der Waals surface area contributed by atoms with Gasteiger partial charge in [0.15, 0.2) is 0 Å². The number of nitrogens with one attached hydrogen (secondary N) is 1. The van der Waals surface area contributed by atoms with Crippen LogP contribution in [-0.2, 0) is 10.0 Å². The minimum Gasteiger partial charge on any atom is -0.398 e. The second-order valence-electron chi connectivity index (χ2n) is 4.47. The average molecular weight is 274 g/mol. The van der Waals surface area contributed by atoms with Crippen molar-refractivity contribution in [2.75, 3.05) is 18.9 Å². The van der Waals surface area contributed by atoms with Crippen LogP contribution in [0.4, 0.5) is 5.69 Å². The van der Waals surface area contributed by atoms with E-state index in [4.69, 9.17) is 10.8 Å². The van der Waals surface area contributed by atoms with Crippen molar-refractivity contribution in [3.63, 3.8) is 0 Å². The molecule has 0 heterocycles. The highest BCUT2D eigenvalue weighted by atomic mass is 32.2. The quantitative estimate of drug-likeness (QED) is 0.546. The number of rotatable bonds is 5. The molecule has 0 bridgehead atoms. The fourth-order valence-electron chi connectivity index (χ4n) is 1.42. The average Bonchev–Trinajstić information content (AvgIpc) is 2.26. The molecule has 0 spiro atoms. The lowest BCUT2D eigenvalue weighted by molar-refractivity contribution is 0.00681. The molecule has 6 nitrogen and oxygen atoms in total. The smallest absolute Gasteiger partial charge is 0.242 e. The molecule has 0 amide bonds. The van der Waals surface area contributed by atoms with E-state index < -0.39 is 22.2 Å². The second kappa shape index (κ2) is 5.23. The van der Waals surface area contributed by atoms with E-state index in [0.29, 0.717) is 5.56 Å². The van der Waals surface area contributed by atoms with Crippen molar-refractivity contribution in [3.05, 3.63) is 23.8 Å². The van der Waals surface area contributed by atoms with Crippen LogP contribution >= 0.6 is 0 Å². The summed E-state index contributed by atoms with van der Waals surface area (Å²) in [5.74, 6) is 0. The summed E-state index contributed by atoms with van der Waals surface area (Å²) in [6.45, 7) is 2.13. The number of nitrogens with two attached hydrogens (primary N) is 1. The fraction of sp³-hybridized carbons (Fsp3) is 0.455. The number of aliphatic hydroxyl groups is 2. The summed E-state index contributed by atoms with van der Waals surface area (Å²) in [4.78, 5) is -0.00117. The van der Waals surface area contributed by atoms with Gasteiger partial charge in [0.1, 0.15) is 4.90 Å². The molecule has 102 valence electrons. The lowest BCUT2D eigenvalue weighted by atomic mass is 10.1. The van der Waals surface area contributed by atoms with Gasteiger partial charge in [0.05, 0.1) is 17.9 Å². The maximum absolute atomic E-state index is 12.1. The van der Waals surface area contributed by atoms with Crippen molar-refractivity contribution < 1.29 is 18.6 Å². The summed E-state index contributed by atoms with van der Waals surface area (Å²) in [7, 11) is -3.81. The topological polar surface area (TPSA) is 113 Å². The second-order valence-corrected chi connectivity index (χ2v) is 6.18. The van der Waals surface area contributed by atoms with Gasteiger partial charge < -0.3 is 15.9 Å². The van der Waals surface area contributed by atoms with Crippen molar-refractivity contribution in [2.24, 2.45) is 0 Å². The van der Waals surface area contributed by atoms with Crippen LogP contribution < -0.4 is 10.5 Å². The molecule has 0 fully saturated rings. The van der Waals surface area contributed by atoms with Crippen LogP contribution in [0.1, 0.15) is 12.5 Å². The molecule has 1 aromatic carbocycles. The molecule has 1 unspecified atom stereocenters. The molecule has 1 rings (SSSR count). The zero-order valence-corrected chi connectivity index (χ0v) is 11.2. The van der Waals surface area contributed by atoms with E-state index >= 15 is 0 Å². The SMILES string of the molecule is Cc1cccc(N)c1S(=O)(=O)NCC(C)(O)CO. The first-order chi connectivity index (χ1) is 8.19. The Morgan fingerprint density at radius 3 is 2.56 bits per heavy atom. The number of benzene rings is 1. The van der Waals surface area contributed by atoms with Gasteiger partial charge in [-0.25, -0.2) is 13.1 Å². The molecule has 0 aliphatic heterocycles. The van der Waals surface area contributed by atoms with Gasteiger partial charge in [-0.3, -0.25) is 0 Å². The van der Waals surface area contributed by atoms with Crippen molar-refractivity contribution in [1.29, 1.82) is 0 Å². The predicted octanol–water partition coefficient (Wildman–Crippen LogP) is -0.401. The van der Waals surface area contributed by atoms with E-state index in [2.05, 4.69) is 4.72 Å². The predicted molar refractivity (Wildman–Crippen MR) is 68.5 cm³/mol. The van der Waals surface area contributed by atoms with Crippen LogP contribution in [0.2, 0.25) is 0 Å². The van der Waals surface area contributed by atoms with E-state index in [1.165, 1.54) is 13.0 Å². The lowest BCUT2D eigenvalue weighted by Gasteiger charge is -2.21. The summed E-state index contributed by atoms with van der Waals surface area (Å²) in [6, 6.07) is 4.79. The van der Waals surface area contributed by atoms with Gasteiger partial charge in [-0.05, 0) is 25.5 Å². The third-order valence-corrected chi connectivity index (χ3v) is 4.11. The number of sulfonamides is 1. The van der Waals surface area contributed by atoms with E-state index in [1.807, 2.05) is 0 Å². The first-order valence-corrected chi connectivity index (χ1v) is 6.86. The summed E-state index contributed by atoms with van der Waals surface area (Å²) >= 11 is 0. The van der Waals surface area contributed by atoms with Crippen LogP contribution in [0, 0.1) is 6.92 Å². The van der Waals surface area contributed by atoms with Gasteiger partial charge in [-0.2, -0.15) is 0 Å². The summed E-state index contributed by atoms with van der Waals surface area (Å²) in [5, 5.41) is 18.4. The molecule has 0 aliphatic carbocycles. The first kappa shape index (κ1) is 14.9. The highest BCUT2D eigenvalue weighted by Gasteiger charge is 2.25. The molecule has 0 saturated carbocycles. The Bertz CT molecular complexity index is 506. The molecule has 5 N–H and O–H groups in total. The van der Waals surface area contributed by atoms with Crippen LogP contribution in [0.25, 0.3) is 0 Å². The third kappa shape index (κ3) is 3.42. The normalized spacial score (nSPS) is 15.3. The minimum absolute atomic E-state index is 0.00117. The molecule has 7 heteroatoms. The number of aryl methyl sites for hydroxylation is 1. The van der Waals surface area contributed by atoms with E-state index in [-0.39, 0.29) is 17.1 Å². The Labute approximate surface area is 106 Å². The molecular formula is C11H18N2O4S. The van der Waals surface area contributed by atoms with Gasteiger partial charge in [-0.15, -0.1) is 0 Å². The third-order valence-electron chi connectivity index (χ3n) is 2.49. The van der Waals surface area contributed by atoms with E-state index in [9.17, 15) is 13.5 Å². The van der Waals surface area contributed by atoms with Gasteiger partial charge in [0.25, 0.3) is 0 Å². The van der Waals surface area contributed by atoms with Crippen LogP contribution in [0.15, 0.2) is 23.1 Å². The molecular weight excluding hydrogens is 256 g/mol. The van der Waals surface area contributed by atoms with Gasteiger partial charge in [-0.1, -0.05) is 12.1 Å². The zero-order chi connectivity index (χ0) is 14.0. The fourth-order valence-corrected chi connectivity index (χ4v) is 2.94. The van der Waals surface area contributed by atoms with Gasteiger partial charge in [0.2, 0.25) is 10.0 Å². The lowest BCUT2D eigenvalue weighted by Crippen LogP contribution is -2.43. The Hall–Kier alpha value is -1.15. The standard InChI is InChI=1S/C11H18N2O4S/c1-8-4-3-5-9(12)10(8)18(16,17)13-6-11(2,15)7-14/h3-5,13-15H,6-7,12H2,1-2H3. The van der Waals surface area contributed by atoms with Crippen molar-refractivity contribution in [2.45, 2.75) is 24.3 Å². The number of nitrogen functional groups attached to an aromatic ring is 1. The summed E-state index contributed by atoms with van der Waals surface area (Å²) in [6.07, 6.45) is 0. The Morgan fingerprint density at radius 2 is 2.06 bits per heavy atom. The van der Waals surface area contributed by atoms with Gasteiger partial charge in [0, 0.05) is 6.54 Å². The molecule has 1 atom stereocenters. The molecule has 0 saturated heterocycles. The van der Waals surface area contributed by atoms with Crippen molar-refractivity contribution in [3.8, 4) is 0 Å². The molecule has 0 aromatic heterocycles. The van der Waals surface area contributed by atoms with E-state index in [1.54, 1.807) is 19.1 Å². The van der Waals surface area contributed by atoms with Crippen LogP contribution in [-0.4, -0.2) is 37.4 Å². The van der Waals surface area contributed by atoms with Crippen molar-refractivity contribution >= 4 is 15.7 Å². The van der Waals surface area contributed by atoms with Gasteiger partial charge >= 0.3 is 0 Å². The largest absolute Gasteiger partial charge is 0.398 e.